The number of hydrogen-bond acceptors (Lipinski definition) is 5. The molecule has 0 amide bonds. The molecule has 7 heteroatoms. The number of nitrogens with zero attached hydrogens (tertiary/aromatic N) is 3. The summed E-state index contributed by atoms with van der Waals surface area (Å²) in [6, 6.07) is 10.8. The van der Waals surface area contributed by atoms with Crippen LogP contribution in [0.15, 0.2) is 42.7 Å². The number of aromatic nitrogens is 2. The van der Waals surface area contributed by atoms with Gasteiger partial charge >= 0.3 is 0 Å². The molecular formula is C23H28N4O2S. The Morgan fingerprint density at radius 2 is 1.73 bits per heavy atom. The van der Waals surface area contributed by atoms with Gasteiger partial charge in [0.1, 0.15) is 0 Å². The monoisotopic (exact) mass is 424 g/mol. The predicted octanol–water partition coefficient (Wildman–Crippen LogP) is 4.14. The van der Waals surface area contributed by atoms with E-state index in [4.69, 9.17) is 0 Å². The topological polar surface area (TPSA) is 75.2 Å². The molecule has 3 aromatic rings. The number of benzene rings is 1. The van der Waals surface area contributed by atoms with E-state index in [1.54, 1.807) is 11.2 Å². The number of aryl methyl sites for hydroxylation is 2. The highest BCUT2D eigenvalue weighted by molar-refractivity contribution is 7.89. The van der Waals surface area contributed by atoms with Gasteiger partial charge in [-0.2, -0.15) is 0 Å². The highest BCUT2D eigenvalue weighted by Crippen LogP contribution is 2.32. The summed E-state index contributed by atoms with van der Waals surface area (Å²) >= 11 is 0. The average Bonchev–Trinajstić information content (AvgIpc) is 2.73. The lowest BCUT2D eigenvalue weighted by Crippen LogP contribution is -2.42. The van der Waals surface area contributed by atoms with Gasteiger partial charge in [0.2, 0.25) is 10.0 Å². The maximum atomic E-state index is 12.1. The molecule has 4 rings (SSSR count). The molecule has 158 valence electrons. The summed E-state index contributed by atoms with van der Waals surface area (Å²) < 4.78 is 25.9. The molecule has 0 spiro atoms. The van der Waals surface area contributed by atoms with E-state index in [-0.39, 0.29) is 11.8 Å². The van der Waals surface area contributed by atoms with Gasteiger partial charge in [0.15, 0.2) is 0 Å². The lowest BCUT2D eigenvalue weighted by atomic mass is 9.99. The van der Waals surface area contributed by atoms with E-state index in [9.17, 15) is 8.42 Å². The highest BCUT2D eigenvalue weighted by atomic mass is 32.2. The van der Waals surface area contributed by atoms with Crippen molar-refractivity contribution in [2.75, 3.05) is 24.2 Å². The molecule has 3 heterocycles. The molecule has 0 bridgehead atoms. The van der Waals surface area contributed by atoms with Crippen molar-refractivity contribution in [2.45, 2.75) is 39.7 Å². The number of piperidine rings is 1. The van der Waals surface area contributed by atoms with Crippen LogP contribution in [0, 0.1) is 13.8 Å². The summed E-state index contributed by atoms with van der Waals surface area (Å²) in [5, 5.41) is 5.88. The average molecular weight is 425 g/mol. The van der Waals surface area contributed by atoms with Crippen LogP contribution < -0.4 is 5.32 Å². The third kappa shape index (κ3) is 4.32. The Morgan fingerprint density at radius 3 is 2.40 bits per heavy atom. The van der Waals surface area contributed by atoms with Crippen LogP contribution in [0.1, 0.15) is 31.2 Å². The van der Waals surface area contributed by atoms with Crippen LogP contribution in [-0.2, 0) is 10.0 Å². The van der Waals surface area contributed by atoms with E-state index < -0.39 is 10.0 Å². The third-order valence-electron chi connectivity index (χ3n) is 5.74. The largest absolute Gasteiger partial charge is 0.382 e. The van der Waals surface area contributed by atoms with Gasteiger partial charge in [0, 0.05) is 54.0 Å². The van der Waals surface area contributed by atoms with Crippen molar-refractivity contribution in [1.82, 2.24) is 14.3 Å². The first-order chi connectivity index (χ1) is 14.4. The Labute approximate surface area is 178 Å². The number of nitrogens with one attached hydrogen (secondary N) is 1. The van der Waals surface area contributed by atoms with Crippen LogP contribution >= 0.6 is 0 Å². The van der Waals surface area contributed by atoms with Crippen molar-refractivity contribution >= 4 is 26.5 Å². The Morgan fingerprint density at radius 1 is 1.07 bits per heavy atom. The zero-order valence-corrected chi connectivity index (χ0v) is 18.5. The summed E-state index contributed by atoms with van der Waals surface area (Å²) in [5.74, 6) is 0.161. The molecule has 1 aromatic carbocycles. The molecule has 6 nitrogen and oxygen atoms in total. The summed E-state index contributed by atoms with van der Waals surface area (Å²) in [4.78, 5) is 8.81. The summed E-state index contributed by atoms with van der Waals surface area (Å²) in [6.07, 6.45) is 5.28. The second-order valence-corrected chi connectivity index (χ2v) is 10.2. The van der Waals surface area contributed by atoms with Crippen molar-refractivity contribution in [3.8, 4) is 11.1 Å². The van der Waals surface area contributed by atoms with E-state index in [1.807, 2.05) is 32.3 Å². The van der Waals surface area contributed by atoms with Gasteiger partial charge in [0.05, 0.1) is 5.75 Å². The van der Waals surface area contributed by atoms with Gasteiger partial charge in [-0.15, -0.1) is 0 Å². The van der Waals surface area contributed by atoms with Gasteiger partial charge in [-0.3, -0.25) is 9.97 Å². The number of sulfonamides is 1. The molecule has 1 saturated heterocycles. The second-order valence-electron chi connectivity index (χ2n) is 7.98. The molecule has 0 saturated carbocycles. The minimum atomic E-state index is -3.11. The van der Waals surface area contributed by atoms with Crippen LogP contribution in [-0.4, -0.2) is 47.6 Å². The lowest BCUT2D eigenvalue weighted by molar-refractivity contribution is 0.330. The van der Waals surface area contributed by atoms with E-state index in [1.165, 1.54) is 0 Å². The standard InChI is InChI=1S/C23H28N4O2S/c1-4-30(28,29)27-9-6-21(7-10-27)26-23-14-20(13-18-5-8-24-15-22(18)23)19-11-16(2)25-17(3)12-19/h5,8,11-15,21,26H,4,6-7,9-10H2,1-3H3. The van der Waals surface area contributed by atoms with Crippen LogP contribution in [0.25, 0.3) is 21.9 Å². The first-order valence-corrected chi connectivity index (χ1v) is 12.0. The number of pyridine rings is 2. The molecular weight excluding hydrogens is 396 g/mol. The van der Waals surface area contributed by atoms with E-state index in [2.05, 4.69) is 39.6 Å². The number of anilines is 1. The minimum Gasteiger partial charge on any atom is -0.382 e. The van der Waals surface area contributed by atoms with Crippen LogP contribution in [0.4, 0.5) is 5.69 Å². The third-order valence-corrected chi connectivity index (χ3v) is 7.62. The molecule has 1 fully saturated rings. The quantitative estimate of drug-likeness (QED) is 0.666. The fraction of sp³-hybridized carbons (Fsp3) is 0.391. The van der Waals surface area contributed by atoms with Crippen molar-refractivity contribution < 1.29 is 8.42 Å². The van der Waals surface area contributed by atoms with E-state index in [0.29, 0.717) is 13.1 Å². The molecule has 0 radical (unpaired) electrons. The SMILES string of the molecule is CCS(=O)(=O)N1CCC(Nc2cc(-c3cc(C)nc(C)c3)cc3ccncc23)CC1. The molecule has 1 N–H and O–H groups in total. The normalized spacial score (nSPS) is 16.1. The Hall–Kier alpha value is -2.51. The van der Waals surface area contributed by atoms with E-state index >= 15 is 0 Å². The summed E-state index contributed by atoms with van der Waals surface area (Å²) in [7, 11) is -3.11. The first kappa shape index (κ1) is 20.8. The maximum Gasteiger partial charge on any atom is 0.213 e. The van der Waals surface area contributed by atoms with Crippen molar-refractivity contribution in [1.29, 1.82) is 0 Å². The van der Waals surface area contributed by atoms with Crippen molar-refractivity contribution in [3.05, 3.63) is 54.1 Å². The molecule has 30 heavy (non-hydrogen) atoms. The van der Waals surface area contributed by atoms with Gasteiger partial charge < -0.3 is 5.32 Å². The fourth-order valence-corrected chi connectivity index (χ4v) is 5.30. The van der Waals surface area contributed by atoms with E-state index in [0.717, 1.165) is 51.8 Å². The Kier molecular flexibility index (Phi) is 5.75. The van der Waals surface area contributed by atoms with Crippen LogP contribution in [0.5, 0.6) is 0 Å². The molecule has 0 unspecified atom stereocenters. The summed E-state index contributed by atoms with van der Waals surface area (Å²) in [6.45, 7) is 6.85. The molecule has 1 aliphatic rings. The summed E-state index contributed by atoms with van der Waals surface area (Å²) in [5.41, 5.74) is 5.32. The highest BCUT2D eigenvalue weighted by Gasteiger charge is 2.26. The number of fused-ring (bicyclic) bond motifs is 1. The number of rotatable bonds is 5. The van der Waals surface area contributed by atoms with Gasteiger partial charge in [-0.1, -0.05) is 0 Å². The Bertz CT molecular complexity index is 1150. The Balaban J connectivity index is 1.64. The lowest BCUT2D eigenvalue weighted by Gasteiger charge is -2.32. The van der Waals surface area contributed by atoms with Gasteiger partial charge in [-0.05, 0) is 80.5 Å². The minimum absolute atomic E-state index is 0.161. The molecule has 2 aromatic heterocycles. The zero-order chi connectivity index (χ0) is 21.3. The molecule has 0 aliphatic carbocycles. The zero-order valence-electron chi connectivity index (χ0n) is 17.7. The van der Waals surface area contributed by atoms with Crippen LogP contribution in [0.2, 0.25) is 0 Å². The molecule has 0 atom stereocenters. The maximum absolute atomic E-state index is 12.1. The second kappa shape index (κ2) is 8.32. The van der Waals surface area contributed by atoms with Crippen molar-refractivity contribution in [3.63, 3.8) is 0 Å². The smallest absolute Gasteiger partial charge is 0.213 e. The van der Waals surface area contributed by atoms with Gasteiger partial charge in [0.25, 0.3) is 0 Å². The fourth-order valence-electron chi connectivity index (χ4n) is 4.17. The predicted molar refractivity (Wildman–Crippen MR) is 122 cm³/mol. The first-order valence-electron chi connectivity index (χ1n) is 10.4. The van der Waals surface area contributed by atoms with Gasteiger partial charge in [-0.25, -0.2) is 12.7 Å². The van der Waals surface area contributed by atoms with Crippen molar-refractivity contribution in [2.24, 2.45) is 0 Å². The molecule has 1 aliphatic heterocycles. The van der Waals surface area contributed by atoms with Crippen LogP contribution in [0.3, 0.4) is 0 Å². The number of hydrogen-bond donors (Lipinski definition) is 1.